The number of nitrogen functional groups attached to an aromatic ring is 1. The van der Waals surface area contributed by atoms with E-state index in [0.717, 1.165) is 24.1 Å². The van der Waals surface area contributed by atoms with E-state index < -0.39 is 0 Å². The minimum atomic E-state index is 0.272. The van der Waals surface area contributed by atoms with Crippen molar-refractivity contribution in [3.05, 3.63) is 11.3 Å². The predicted molar refractivity (Wildman–Crippen MR) is 51.7 cm³/mol. The molecule has 0 unspecified atom stereocenters. The Kier molecular flexibility index (Phi) is 3.06. The maximum atomic E-state index is 5.50. The van der Waals surface area contributed by atoms with Crippen LogP contribution in [-0.4, -0.2) is 17.1 Å². The Labute approximate surface area is 78.1 Å². The average molecular weight is 181 g/mol. The molecule has 4 nitrogen and oxygen atoms in total. The molecule has 1 aromatic rings. The van der Waals surface area contributed by atoms with Crippen LogP contribution in [0.2, 0.25) is 0 Å². The molecular weight excluding hydrogens is 166 g/mol. The molecule has 1 heterocycles. The highest BCUT2D eigenvalue weighted by Gasteiger charge is 2.09. The van der Waals surface area contributed by atoms with E-state index in [1.165, 1.54) is 0 Å². The molecule has 0 amide bonds. The molecule has 0 aliphatic carbocycles. The lowest BCUT2D eigenvalue weighted by molar-refractivity contribution is 0.391. The Morgan fingerprint density at radius 3 is 2.62 bits per heavy atom. The maximum Gasteiger partial charge on any atom is 0.223 e. The fourth-order valence-corrected chi connectivity index (χ4v) is 1.30. The predicted octanol–water partition coefficient (Wildman–Crippen LogP) is 1.33. The summed E-state index contributed by atoms with van der Waals surface area (Å²) in [6, 6.07) is 0. The number of aryl methyl sites for hydroxylation is 1. The SMILES string of the molecule is CCCc1c(C)nc(N)nc1OC. The van der Waals surface area contributed by atoms with Crippen LogP contribution in [0.15, 0.2) is 0 Å². The number of methoxy groups -OCH3 is 1. The lowest BCUT2D eigenvalue weighted by Crippen LogP contribution is -2.04. The molecule has 0 aliphatic rings. The van der Waals surface area contributed by atoms with Crippen molar-refractivity contribution in [3.8, 4) is 5.88 Å². The van der Waals surface area contributed by atoms with Crippen LogP contribution >= 0.6 is 0 Å². The summed E-state index contributed by atoms with van der Waals surface area (Å²) in [5.41, 5.74) is 7.46. The number of aromatic nitrogens is 2. The fraction of sp³-hybridized carbons (Fsp3) is 0.556. The van der Waals surface area contributed by atoms with Crippen LogP contribution in [0, 0.1) is 6.92 Å². The van der Waals surface area contributed by atoms with Gasteiger partial charge in [-0.3, -0.25) is 0 Å². The van der Waals surface area contributed by atoms with Crippen molar-refractivity contribution in [2.45, 2.75) is 26.7 Å². The summed E-state index contributed by atoms with van der Waals surface area (Å²) in [4.78, 5) is 8.10. The minimum absolute atomic E-state index is 0.272. The molecule has 0 spiro atoms. The normalized spacial score (nSPS) is 10.1. The van der Waals surface area contributed by atoms with E-state index in [0.29, 0.717) is 5.88 Å². The second kappa shape index (κ2) is 4.07. The second-order valence-electron chi connectivity index (χ2n) is 2.91. The van der Waals surface area contributed by atoms with E-state index in [1.54, 1.807) is 7.11 Å². The highest BCUT2D eigenvalue weighted by Crippen LogP contribution is 2.20. The Hall–Kier alpha value is -1.32. The largest absolute Gasteiger partial charge is 0.481 e. The first-order valence-electron chi connectivity index (χ1n) is 4.36. The van der Waals surface area contributed by atoms with Crippen molar-refractivity contribution < 1.29 is 4.74 Å². The molecule has 13 heavy (non-hydrogen) atoms. The van der Waals surface area contributed by atoms with Gasteiger partial charge in [0, 0.05) is 11.3 Å². The van der Waals surface area contributed by atoms with Gasteiger partial charge in [-0.25, -0.2) is 4.98 Å². The number of anilines is 1. The first-order chi connectivity index (χ1) is 6.19. The third-order valence-electron chi connectivity index (χ3n) is 1.89. The van der Waals surface area contributed by atoms with E-state index in [1.807, 2.05) is 6.92 Å². The van der Waals surface area contributed by atoms with E-state index in [9.17, 15) is 0 Å². The molecule has 0 aromatic carbocycles. The molecule has 0 fully saturated rings. The summed E-state index contributed by atoms with van der Waals surface area (Å²) in [6.45, 7) is 4.03. The van der Waals surface area contributed by atoms with Crippen molar-refractivity contribution in [2.75, 3.05) is 12.8 Å². The molecule has 0 saturated carbocycles. The zero-order valence-electron chi connectivity index (χ0n) is 8.29. The zero-order chi connectivity index (χ0) is 9.84. The quantitative estimate of drug-likeness (QED) is 0.764. The molecule has 0 radical (unpaired) electrons. The van der Waals surface area contributed by atoms with Gasteiger partial charge in [-0.05, 0) is 13.3 Å². The van der Waals surface area contributed by atoms with Crippen molar-refractivity contribution in [1.82, 2.24) is 9.97 Å². The van der Waals surface area contributed by atoms with Crippen LogP contribution < -0.4 is 10.5 Å². The lowest BCUT2D eigenvalue weighted by Gasteiger charge is -2.09. The van der Waals surface area contributed by atoms with Crippen molar-refractivity contribution in [3.63, 3.8) is 0 Å². The van der Waals surface area contributed by atoms with Gasteiger partial charge in [0.25, 0.3) is 0 Å². The molecule has 0 aliphatic heterocycles. The Balaban J connectivity index is 3.13. The van der Waals surface area contributed by atoms with E-state index in [4.69, 9.17) is 10.5 Å². The summed E-state index contributed by atoms with van der Waals surface area (Å²) in [6.07, 6.45) is 1.97. The number of nitrogens with two attached hydrogens (primary N) is 1. The van der Waals surface area contributed by atoms with Crippen molar-refractivity contribution in [1.29, 1.82) is 0 Å². The van der Waals surface area contributed by atoms with Crippen molar-refractivity contribution in [2.24, 2.45) is 0 Å². The fourth-order valence-electron chi connectivity index (χ4n) is 1.30. The first kappa shape index (κ1) is 9.77. The van der Waals surface area contributed by atoms with Crippen LogP contribution in [0.4, 0.5) is 5.95 Å². The third kappa shape index (κ3) is 2.08. The third-order valence-corrected chi connectivity index (χ3v) is 1.89. The summed E-state index contributed by atoms with van der Waals surface area (Å²) in [5.74, 6) is 0.876. The second-order valence-corrected chi connectivity index (χ2v) is 2.91. The van der Waals surface area contributed by atoms with E-state index >= 15 is 0 Å². The van der Waals surface area contributed by atoms with Gasteiger partial charge in [0.15, 0.2) is 0 Å². The van der Waals surface area contributed by atoms with Crippen molar-refractivity contribution >= 4 is 5.95 Å². The number of nitrogens with zero attached hydrogens (tertiary/aromatic N) is 2. The lowest BCUT2D eigenvalue weighted by atomic mass is 10.1. The first-order valence-corrected chi connectivity index (χ1v) is 4.36. The number of ether oxygens (including phenoxy) is 1. The van der Waals surface area contributed by atoms with Crippen LogP contribution in [0.25, 0.3) is 0 Å². The van der Waals surface area contributed by atoms with Gasteiger partial charge < -0.3 is 10.5 Å². The Bertz CT molecular complexity index is 299. The van der Waals surface area contributed by atoms with Gasteiger partial charge in [0.05, 0.1) is 7.11 Å². The van der Waals surface area contributed by atoms with Gasteiger partial charge in [0.2, 0.25) is 11.8 Å². The smallest absolute Gasteiger partial charge is 0.223 e. The molecule has 0 atom stereocenters. The maximum absolute atomic E-state index is 5.50. The summed E-state index contributed by atoms with van der Waals surface area (Å²) < 4.78 is 5.13. The molecule has 1 rings (SSSR count). The van der Waals surface area contributed by atoms with Crippen LogP contribution in [0.5, 0.6) is 5.88 Å². The molecule has 4 heteroatoms. The topological polar surface area (TPSA) is 61.0 Å². The number of hydrogen-bond acceptors (Lipinski definition) is 4. The molecule has 0 saturated heterocycles. The van der Waals surface area contributed by atoms with Gasteiger partial charge in [-0.1, -0.05) is 13.3 Å². The standard InChI is InChI=1S/C9H15N3O/c1-4-5-7-6(2)11-9(10)12-8(7)13-3/h4-5H2,1-3H3,(H2,10,11,12). The van der Waals surface area contributed by atoms with Crippen LogP contribution in [0.3, 0.4) is 0 Å². The number of hydrogen-bond donors (Lipinski definition) is 1. The average Bonchev–Trinajstić information content (AvgIpc) is 2.09. The van der Waals surface area contributed by atoms with Crippen LogP contribution in [-0.2, 0) is 6.42 Å². The summed E-state index contributed by atoms with van der Waals surface area (Å²) in [7, 11) is 1.60. The van der Waals surface area contributed by atoms with Gasteiger partial charge >= 0.3 is 0 Å². The molecule has 72 valence electrons. The van der Waals surface area contributed by atoms with Gasteiger partial charge in [0.1, 0.15) is 0 Å². The van der Waals surface area contributed by atoms with Gasteiger partial charge in [-0.2, -0.15) is 4.98 Å². The van der Waals surface area contributed by atoms with E-state index in [2.05, 4.69) is 16.9 Å². The molecule has 2 N–H and O–H groups in total. The van der Waals surface area contributed by atoms with Gasteiger partial charge in [-0.15, -0.1) is 0 Å². The number of rotatable bonds is 3. The Morgan fingerprint density at radius 2 is 2.08 bits per heavy atom. The molecule has 0 bridgehead atoms. The molecular formula is C9H15N3O. The van der Waals surface area contributed by atoms with E-state index in [-0.39, 0.29) is 5.95 Å². The molecule has 1 aromatic heterocycles. The monoisotopic (exact) mass is 181 g/mol. The highest BCUT2D eigenvalue weighted by atomic mass is 16.5. The summed E-state index contributed by atoms with van der Waals surface area (Å²) >= 11 is 0. The minimum Gasteiger partial charge on any atom is -0.481 e. The highest BCUT2D eigenvalue weighted by molar-refractivity contribution is 5.35. The zero-order valence-corrected chi connectivity index (χ0v) is 8.29. The Morgan fingerprint density at radius 1 is 1.38 bits per heavy atom. The summed E-state index contributed by atoms with van der Waals surface area (Å²) in [5, 5.41) is 0. The van der Waals surface area contributed by atoms with Crippen LogP contribution in [0.1, 0.15) is 24.6 Å².